The fraction of sp³-hybridized carbons (Fsp3) is 0.158. The minimum absolute atomic E-state index is 0.00811. The van der Waals surface area contributed by atoms with Crippen LogP contribution in [0.3, 0.4) is 0 Å². The number of benzene rings is 1. The van der Waals surface area contributed by atoms with Crippen molar-refractivity contribution in [2.24, 2.45) is 0 Å². The van der Waals surface area contributed by atoms with Crippen LogP contribution in [0.2, 0.25) is 0 Å². The highest BCUT2D eigenvalue weighted by Crippen LogP contribution is 2.23. The Morgan fingerprint density at radius 3 is 2.70 bits per heavy atom. The molecule has 27 heavy (non-hydrogen) atoms. The van der Waals surface area contributed by atoms with Crippen molar-refractivity contribution >= 4 is 28.4 Å². The Kier molecular flexibility index (Phi) is 4.33. The molecule has 0 saturated heterocycles. The van der Waals surface area contributed by atoms with E-state index in [0.717, 1.165) is 21.7 Å². The highest BCUT2D eigenvalue weighted by atomic mass is 32.1. The van der Waals surface area contributed by atoms with Gasteiger partial charge >= 0.3 is 0 Å². The van der Waals surface area contributed by atoms with E-state index in [4.69, 9.17) is 0 Å². The number of anilines is 1. The van der Waals surface area contributed by atoms with Gasteiger partial charge in [-0.15, -0.1) is 11.3 Å². The van der Waals surface area contributed by atoms with E-state index in [1.807, 2.05) is 49.6 Å². The van der Waals surface area contributed by atoms with Gasteiger partial charge in [0.05, 0.1) is 11.3 Å². The lowest BCUT2D eigenvalue weighted by Gasteiger charge is -2.08. The van der Waals surface area contributed by atoms with E-state index in [0.29, 0.717) is 17.0 Å². The van der Waals surface area contributed by atoms with Crippen LogP contribution in [-0.2, 0) is 11.2 Å². The summed E-state index contributed by atoms with van der Waals surface area (Å²) in [5.74, 6) is 0.142. The molecule has 3 aromatic heterocycles. The molecule has 2 N–H and O–H groups in total. The van der Waals surface area contributed by atoms with Gasteiger partial charge in [0.25, 0.3) is 5.56 Å². The second-order valence-corrected chi connectivity index (χ2v) is 7.32. The van der Waals surface area contributed by atoms with Gasteiger partial charge in [-0.05, 0) is 54.6 Å². The normalized spacial score (nSPS) is 11.0. The molecule has 0 radical (unpaired) electrons. The Morgan fingerprint density at radius 2 is 2.00 bits per heavy atom. The van der Waals surface area contributed by atoms with E-state index in [1.54, 1.807) is 6.07 Å². The number of carbonyl (C=O) groups is 1. The smallest absolute Gasteiger partial charge is 0.290 e. The number of nitrogens with one attached hydrogen (secondary N) is 2. The summed E-state index contributed by atoms with van der Waals surface area (Å²) in [6, 6.07) is 11.4. The monoisotopic (exact) mass is 379 g/mol. The first-order chi connectivity index (χ1) is 13.0. The summed E-state index contributed by atoms with van der Waals surface area (Å²) in [5.41, 5.74) is 3.58. The van der Waals surface area contributed by atoms with Crippen molar-refractivity contribution < 1.29 is 4.79 Å². The molecule has 4 rings (SSSR count). The number of aromatic amines is 1. The second-order valence-electron chi connectivity index (χ2n) is 6.37. The zero-order valence-corrected chi connectivity index (χ0v) is 15.6. The number of amides is 1. The van der Waals surface area contributed by atoms with Gasteiger partial charge in [-0.1, -0.05) is 12.1 Å². The SMILES string of the molecule is Cc1cc(C)cc(NC(=O)Cc2n[nH]c(=O)c3cc(-c4cccs4)nn23)c1. The molecule has 0 aliphatic carbocycles. The number of fused-ring (bicyclic) bond motifs is 1. The lowest BCUT2D eigenvalue weighted by atomic mass is 10.1. The number of aryl methyl sites for hydroxylation is 2. The van der Waals surface area contributed by atoms with E-state index in [2.05, 4.69) is 20.6 Å². The fourth-order valence-corrected chi connectivity index (χ4v) is 3.70. The first-order valence-electron chi connectivity index (χ1n) is 8.39. The van der Waals surface area contributed by atoms with E-state index in [-0.39, 0.29) is 17.9 Å². The average molecular weight is 379 g/mol. The van der Waals surface area contributed by atoms with Crippen molar-refractivity contribution in [1.82, 2.24) is 19.8 Å². The maximum absolute atomic E-state index is 12.5. The third-order valence-electron chi connectivity index (χ3n) is 4.07. The molecule has 0 fully saturated rings. The summed E-state index contributed by atoms with van der Waals surface area (Å²) in [4.78, 5) is 25.5. The molecule has 0 aliphatic rings. The molecule has 8 heteroatoms. The van der Waals surface area contributed by atoms with Crippen LogP contribution in [0.4, 0.5) is 5.69 Å². The molecular formula is C19H17N5O2S. The van der Waals surface area contributed by atoms with Crippen LogP contribution >= 0.6 is 11.3 Å². The molecule has 7 nitrogen and oxygen atoms in total. The minimum atomic E-state index is -0.344. The Balaban J connectivity index is 1.64. The number of hydrogen-bond acceptors (Lipinski definition) is 5. The molecular weight excluding hydrogens is 362 g/mol. The molecule has 1 amide bonds. The number of carbonyl (C=O) groups excluding carboxylic acids is 1. The molecule has 0 bridgehead atoms. The number of nitrogens with zero attached hydrogens (tertiary/aromatic N) is 3. The third-order valence-corrected chi connectivity index (χ3v) is 4.96. The fourth-order valence-electron chi connectivity index (χ4n) is 3.01. The van der Waals surface area contributed by atoms with Crippen LogP contribution in [0.15, 0.2) is 46.6 Å². The molecule has 0 aliphatic heterocycles. The van der Waals surface area contributed by atoms with Crippen molar-refractivity contribution in [2.45, 2.75) is 20.3 Å². The largest absolute Gasteiger partial charge is 0.326 e. The molecule has 4 aromatic rings. The molecule has 136 valence electrons. The summed E-state index contributed by atoms with van der Waals surface area (Å²) in [6.45, 7) is 3.96. The lowest BCUT2D eigenvalue weighted by molar-refractivity contribution is -0.115. The number of rotatable bonds is 4. The maximum atomic E-state index is 12.5. The Morgan fingerprint density at radius 1 is 1.22 bits per heavy atom. The molecule has 3 heterocycles. The van der Waals surface area contributed by atoms with Crippen LogP contribution in [0, 0.1) is 13.8 Å². The Bertz CT molecular complexity index is 1170. The number of H-pyrrole nitrogens is 1. The molecule has 0 spiro atoms. The standard InChI is InChI=1S/C19H17N5O2S/c1-11-6-12(2)8-13(7-11)20-18(25)10-17-21-22-19(26)15-9-14(23-24(15)17)16-4-3-5-27-16/h3-9H,10H2,1-2H3,(H,20,25)(H,22,26). The van der Waals surface area contributed by atoms with Gasteiger partial charge in [-0.25, -0.2) is 9.61 Å². The Hall–Kier alpha value is -3.26. The minimum Gasteiger partial charge on any atom is -0.326 e. The zero-order valence-electron chi connectivity index (χ0n) is 14.8. The quantitative estimate of drug-likeness (QED) is 0.570. The maximum Gasteiger partial charge on any atom is 0.290 e. The van der Waals surface area contributed by atoms with Gasteiger partial charge in [0.15, 0.2) is 5.82 Å². The van der Waals surface area contributed by atoms with Gasteiger partial charge in [0.1, 0.15) is 11.2 Å². The van der Waals surface area contributed by atoms with E-state index < -0.39 is 0 Å². The summed E-state index contributed by atoms with van der Waals surface area (Å²) < 4.78 is 1.44. The van der Waals surface area contributed by atoms with E-state index in [1.165, 1.54) is 15.9 Å². The van der Waals surface area contributed by atoms with Crippen LogP contribution < -0.4 is 10.9 Å². The van der Waals surface area contributed by atoms with Crippen molar-refractivity contribution in [3.8, 4) is 10.6 Å². The van der Waals surface area contributed by atoms with Crippen molar-refractivity contribution in [3.63, 3.8) is 0 Å². The summed E-state index contributed by atoms with van der Waals surface area (Å²) in [5, 5.41) is 15.8. The van der Waals surface area contributed by atoms with E-state index >= 15 is 0 Å². The number of thiophene rings is 1. The highest BCUT2D eigenvalue weighted by molar-refractivity contribution is 7.13. The molecule has 0 atom stereocenters. The van der Waals surface area contributed by atoms with Crippen LogP contribution in [0.5, 0.6) is 0 Å². The predicted octanol–water partition coefficient (Wildman–Crippen LogP) is 2.94. The first-order valence-corrected chi connectivity index (χ1v) is 9.27. The Labute approximate surface area is 158 Å². The van der Waals surface area contributed by atoms with Gasteiger partial charge in [-0.2, -0.15) is 10.2 Å². The molecule has 0 unspecified atom stereocenters. The van der Waals surface area contributed by atoms with Crippen molar-refractivity contribution in [2.75, 3.05) is 5.32 Å². The zero-order chi connectivity index (χ0) is 19.0. The van der Waals surface area contributed by atoms with Crippen LogP contribution in [0.1, 0.15) is 17.0 Å². The highest BCUT2D eigenvalue weighted by Gasteiger charge is 2.15. The van der Waals surface area contributed by atoms with Gasteiger partial charge in [0.2, 0.25) is 5.91 Å². The van der Waals surface area contributed by atoms with E-state index in [9.17, 15) is 9.59 Å². The van der Waals surface area contributed by atoms with Gasteiger partial charge < -0.3 is 5.32 Å². The van der Waals surface area contributed by atoms with Crippen molar-refractivity contribution in [3.05, 3.63) is 69.1 Å². The third kappa shape index (κ3) is 3.52. The average Bonchev–Trinajstić information content (AvgIpc) is 3.25. The topological polar surface area (TPSA) is 92.1 Å². The molecule has 1 aromatic carbocycles. The predicted molar refractivity (Wildman–Crippen MR) is 105 cm³/mol. The summed E-state index contributed by atoms with van der Waals surface area (Å²) >= 11 is 1.53. The number of hydrogen-bond donors (Lipinski definition) is 2. The van der Waals surface area contributed by atoms with Crippen LogP contribution in [-0.4, -0.2) is 25.7 Å². The van der Waals surface area contributed by atoms with Gasteiger partial charge in [-0.3, -0.25) is 9.59 Å². The van der Waals surface area contributed by atoms with Crippen LogP contribution in [0.25, 0.3) is 16.1 Å². The summed E-state index contributed by atoms with van der Waals surface area (Å²) in [6.07, 6.45) is -0.00811. The first kappa shape index (κ1) is 17.2. The molecule has 0 saturated carbocycles. The van der Waals surface area contributed by atoms with Crippen molar-refractivity contribution in [1.29, 1.82) is 0 Å². The number of aromatic nitrogens is 4. The second kappa shape index (κ2) is 6.81. The summed E-state index contributed by atoms with van der Waals surface area (Å²) in [7, 11) is 0. The van der Waals surface area contributed by atoms with Gasteiger partial charge in [0, 0.05) is 5.69 Å². The lowest BCUT2D eigenvalue weighted by Crippen LogP contribution is -2.22.